The summed E-state index contributed by atoms with van der Waals surface area (Å²) in [7, 11) is 0. The average molecular weight is 391 g/mol. The van der Waals surface area contributed by atoms with Crippen molar-refractivity contribution in [1.29, 1.82) is 0 Å². The Balaban J connectivity index is 1.37. The summed E-state index contributed by atoms with van der Waals surface area (Å²) in [4.78, 5) is 25.4. The van der Waals surface area contributed by atoms with Crippen molar-refractivity contribution in [3.8, 4) is 0 Å². The Kier molecular flexibility index (Phi) is 5.76. The lowest BCUT2D eigenvalue weighted by molar-refractivity contribution is 0.102. The number of piperazine rings is 1. The molecule has 0 radical (unpaired) electrons. The number of rotatable bonds is 5. The van der Waals surface area contributed by atoms with Crippen LogP contribution in [0.1, 0.15) is 16.1 Å². The summed E-state index contributed by atoms with van der Waals surface area (Å²) in [5, 5.41) is 2.67. The van der Waals surface area contributed by atoms with E-state index in [1.807, 2.05) is 6.07 Å². The van der Waals surface area contributed by atoms with Crippen molar-refractivity contribution in [3.63, 3.8) is 0 Å². The zero-order valence-electron chi connectivity index (χ0n) is 16.0. The predicted octanol–water partition coefficient (Wildman–Crippen LogP) is 3.19. The molecule has 0 bridgehead atoms. The van der Waals surface area contributed by atoms with Gasteiger partial charge in [0.15, 0.2) is 0 Å². The first-order valence-electron chi connectivity index (χ1n) is 9.57. The van der Waals surface area contributed by atoms with Crippen LogP contribution in [0.3, 0.4) is 0 Å². The molecule has 0 atom stereocenters. The minimum Gasteiger partial charge on any atom is -0.354 e. The Hall–Kier alpha value is -3.32. The number of halogens is 1. The normalized spacial score (nSPS) is 14.6. The van der Waals surface area contributed by atoms with Gasteiger partial charge in [-0.05, 0) is 23.8 Å². The van der Waals surface area contributed by atoms with Gasteiger partial charge >= 0.3 is 0 Å². The molecule has 29 heavy (non-hydrogen) atoms. The lowest BCUT2D eigenvalue weighted by Gasteiger charge is -2.35. The molecule has 1 aromatic heterocycles. The minimum atomic E-state index is -0.403. The predicted molar refractivity (Wildman–Crippen MR) is 110 cm³/mol. The van der Waals surface area contributed by atoms with Crippen LogP contribution in [0.5, 0.6) is 0 Å². The van der Waals surface area contributed by atoms with E-state index in [0.29, 0.717) is 5.69 Å². The summed E-state index contributed by atoms with van der Waals surface area (Å²) in [6, 6.07) is 17.9. The van der Waals surface area contributed by atoms with Crippen molar-refractivity contribution in [2.75, 3.05) is 36.4 Å². The van der Waals surface area contributed by atoms with E-state index in [2.05, 4.69) is 49.4 Å². The molecular formula is C22H22FN5O. The van der Waals surface area contributed by atoms with Gasteiger partial charge in [-0.25, -0.2) is 14.4 Å². The van der Waals surface area contributed by atoms with E-state index in [9.17, 15) is 9.18 Å². The number of benzene rings is 2. The quantitative estimate of drug-likeness (QED) is 0.724. The molecule has 0 unspecified atom stereocenters. The van der Waals surface area contributed by atoms with Crippen LogP contribution in [0.4, 0.5) is 15.9 Å². The van der Waals surface area contributed by atoms with Gasteiger partial charge in [0.2, 0.25) is 0 Å². The summed E-state index contributed by atoms with van der Waals surface area (Å²) in [6.07, 6.45) is 1.40. The fraction of sp³-hybridized carbons (Fsp3) is 0.227. The average Bonchev–Trinajstić information content (AvgIpc) is 2.75. The van der Waals surface area contributed by atoms with Gasteiger partial charge in [-0.15, -0.1) is 0 Å². The maximum Gasteiger partial charge on any atom is 0.274 e. The number of aromatic nitrogens is 2. The lowest BCUT2D eigenvalue weighted by atomic mass is 10.2. The van der Waals surface area contributed by atoms with Gasteiger partial charge in [-0.3, -0.25) is 9.69 Å². The first-order valence-corrected chi connectivity index (χ1v) is 9.57. The van der Waals surface area contributed by atoms with Crippen LogP contribution < -0.4 is 10.2 Å². The summed E-state index contributed by atoms with van der Waals surface area (Å²) < 4.78 is 13.3. The van der Waals surface area contributed by atoms with Gasteiger partial charge in [0.1, 0.15) is 23.7 Å². The fourth-order valence-electron chi connectivity index (χ4n) is 3.38. The molecule has 1 N–H and O–H groups in total. The number of hydrogen-bond acceptors (Lipinski definition) is 5. The molecule has 0 aliphatic carbocycles. The Morgan fingerprint density at radius 1 is 0.966 bits per heavy atom. The molecule has 4 rings (SSSR count). The summed E-state index contributed by atoms with van der Waals surface area (Å²) in [6.45, 7) is 4.43. The minimum absolute atomic E-state index is 0.256. The molecule has 2 aromatic carbocycles. The van der Waals surface area contributed by atoms with Gasteiger partial charge < -0.3 is 10.2 Å². The summed E-state index contributed by atoms with van der Waals surface area (Å²) >= 11 is 0. The van der Waals surface area contributed by atoms with E-state index < -0.39 is 5.82 Å². The third-order valence-corrected chi connectivity index (χ3v) is 4.91. The molecule has 1 amide bonds. The monoisotopic (exact) mass is 391 g/mol. The highest BCUT2D eigenvalue weighted by Gasteiger charge is 2.19. The van der Waals surface area contributed by atoms with E-state index >= 15 is 0 Å². The maximum absolute atomic E-state index is 13.3. The lowest BCUT2D eigenvalue weighted by Crippen LogP contribution is -2.46. The number of carbonyl (C=O) groups is 1. The standard InChI is InChI=1S/C22H22FN5O/c23-18-7-4-8-19(13-18)26-22(29)20-14-21(25-16-24-20)28-11-9-27(10-12-28)15-17-5-2-1-3-6-17/h1-8,13-14,16H,9-12,15H2,(H,26,29). The van der Waals surface area contributed by atoms with E-state index in [1.54, 1.807) is 18.2 Å². The molecule has 0 spiro atoms. The van der Waals surface area contributed by atoms with Crippen LogP contribution in [0.25, 0.3) is 0 Å². The van der Waals surface area contributed by atoms with Crippen molar-refractivity contribution in [2.45, 2.75) is 6.54 Å². The second kappa shape index (κ2) is 8.79. The summed E-state index contributed by atoms with van der Waals surface area (Å²) in [5.41, 5.74) is 1.95. The van der Waals surface area contributed by atoms with Crippen LogP contribution in [-0.2, 0) is 6.54 Å². The van der Waals surface area contributed by atoms with Crippen molar-refractivity contribution in [1.82, 2.24) is 14.9 Å². The van der Waals surface area contributed by atoms with Crippen molar-refractivity contribution >= 4 is 17.4 Å². The Bertz CT molecular complexity index is 974. The molecule has 2 heterocycles. The number of nitrogens with one attached hydrogen (secondary N) is 1. The second-order valence-electron chi connectivity index (χ2n) is 6.97. The van der Waals surface area contributed by atoms with Gasteiger partial charge in [0, 0.05) is 44.5 Å². The number of carbonyl (C=O) groups excluding carboxylic acids is 1. The third kappa shape index (κ3) is 4.94. The van der Waals surface area contributed by atoms with Crippen LogP contribution in [0, 0.1) is 5.82 Å². The summed E-state index contributed by atoms with van der Waals surface area (Å²) in [5.74, 6) is -0.0646. The number of nitrogens with zero attached hydrogens (tertiary/aromatic N) is 4. The second-order valence-corrected chi connectivity index (χ2v) is 6.97. The molecule has 3 aromatic rings. The van der Waals surface area contributed by atoms with Crippen LogP contribution in [-0.4, -0.2) is 47.0 Å². The number of anilines is 2. The molecule has 1 aliphatic rings. The first kappa shape index (κ1) is 19.0. The van der Waals surface area contributed by atoms with Crippen molar-refractivity contribution in [3.05, 3.63) is 84.1 Å². The molecule has 0 saturated carbocycles. The zero-order valence-corrected chi connectivity index (χ0v) is 16.0. The zero-order chi connectivity index (χ0) is 20.1. The van der Waals surface area contributed by atoms with Crippen LogP contribution in [0.2, 0.25) is 0 Å². The van der Waals surface area contributed by atoms with Gasteiger partial charge in [-0.2, -0.15) is 0 Å². The van der Waals surface area contributed by atoms with Gasteiger partial charge in [0.25, 0.3) is 5.91 Å². The largest absolute Gasteiger partial charge is 0.354 e. The molecular weight excluding hydrogens is 369 g/mol. The topological polar surface area (TPSA) is 61.4 Å². The molecule has 7 heteroatoms. The fourth-order valence-corrected chi connectivity index (χ4v) is 3.38. The van der Waals surface area contributed by atoms with Gasteiger partial charge in [0.05, 0.1) is 0 Å². The maximum atomic E-state index is 13.3. The number of hydrogen-bond donors (Lipinski definition) is 1. The highest BCUT2D eigenvalue weighted by molar-refractivity contribution is 6.03. The SMILES string of the molecule is O=C(Nc1cccc(F)c1)c1cc(N2CCN(Cc3ccccc3)CC2)ncn1. The molecule has 1 fully saturated rings. The van der Waals surface area contributed by atoms with Crippen molar-refractivity contribution < 1.29 is 9.18 Å². The first-order chi connectivity index (χ1) is 14.2. The number of amides is 1. The van der Waals surface area contributed by atoms with Gasteiger partial charge in [-0.1, -0.05) is 36.4 Å². The Morgan fingerprint density at radius 2 is 1.76 bits per heavy atom. The molecule has 6 nitrogen and oxygen atoms in total. The van der Waals surface area contributed by atoms with E-state index in [1.165, 1.54) is 24.0 Å². The Labute approximate surface area is 169 Å². The Morgan fingerprint density at radius 3 is 2.52 bits per heavy atom. The van der Waals surface area contributed by atoms with E-state index in [4.69, 9.17) is 0 Å². The van der Waals surface area contributed by atoms with Crippen molar-refractivity contribution in [2.24, 2.45) is 0 Å². The highest BCUT2D eigenvalue weighted by atomic mass is 19.1. The molecule has 1 aliphatic heterocycles. The highest BCUT2D eigenvalue weighted by Crippen LogP contribution is 2.17. The van der Waals surface area contributed by atoms with Crippen LogP contribution in [0.15, 0.2) is 67.0 Å². The smallest absolute Gasteiger partial charge is 0.274 e. The van der Waals surface area contributed by atoms with Crippen LogP contribution >= 0.6 is 0 Å². The van der Waals surface area contributed by atoms with E-state index in [0.717, 1.165) is 38.5 Å². The molecule has 148 valence electrons. The van der Waals surface area contributed by atoms with E-state index in [-0.39, 0.29) is 11.6 Å². The molecule has 1 saturated heterocycles. The third-order valence-electron chi connectivity index (χ3n) is 4.91.